The molecular formula is C4H6Cl2O2S. The van der Waals surface area contributed by atoms with Crippen LogP contribution in [0.5, 0.6) is 0 Å². The molecule has 0 aliphatic heterocycles. The van der Waals surface area contributed by atoms with Crippen LogP contribution in [0.4, 0.5) is 0 Å². The van der Waals surface area contributed by atoms with Gasteiger partial charge in [0.05, 0.1) is 5.75 Å². The van der Waals surface area contributed by atoms with Gasteiger partial charge in [0.15, 0.2) is 0 Å². The Morgan fingerprint density at radius 2 is 2.11 bits per heavy atom. The average Bonchev–Trinajstić information content (AvgIpc) is 1.62. The molecule has 0 N–H and O–H groups in total. The first-order valence-electron chi connectivity index (χ1n) is 2.14. The van der Waals surface area contributed by atoms with Crippen LogP contribution in [0.1, 0.15) is 6.92 Å². The first-order chi connectivity index (χ1) is 3.95. The summed E-state index contributed by atoms with van der Waals surface area (Å²) in [5, 5.41) is 0. The van der Waals surface area contributed by atoms with E-state index in [1.807, 2.05) is 0 Å². The van der Waals surface area contributed by atoms with E-state index in [-0.39, 0.29) is 5.75 Å². The van der Waals surface area contributed by atoms with E-state index in [0.29, 0.717) is 5.57 Å². The van der Waals surface area contributed by atoms with Crippen LogP contribution in [-0.2, 0) is 9.05 Å². The number of rotatable bonds is 2. The van der Waals surface area contributed by atoms with E-state index >= 15 is 0 Å². The molecule has 2 nitrogen and oxygen atoms in total. The monoisotopic (exact) mass is 188 g/mol. The van der Waals surface area contributed by atoms with Crippen molar-refractivity contribution in [3.8, 4) is 0 Å². The molecule has 0 bridgehead atoms. The van der Waals surface area contributed by atoms with Crippen molar-refractivity contribution in [2.75, 3.05) is 5.75 Å². The quantitative estimate of drug-likeness (QED) is 0.619. The largest absolute Gasteiger partial charge is 0.236 e. The normalized spacial score (nSPS) is 13.9. The zero-order valence-electron chi connectivity index (χ0n) is 4.77. The Morgan fingerprint density at radius 3 is 2.22 bits per heavy atom. The maximum atomic E-state index is 10.3. The molecule has 0 aromatic carbocycles. The molecule has 0 saturated carbocycles. The first-order valence-corrected chi connectivity index (χ1v) is 5.05. The molecule has 0 aliphatic rings. The molecule has 54 valence electrons. The Morgan fingerprint density at radius 1 is 1.67 bits per heavy atom. The predicted octanol–water partition coefficient (Wildman–Crippen LogP) is 1.70. The third-order valence-corrected chi connectivity index (χ3v) is 2.09. The molecule has 0 aromatic rings. The smallest absolute Gasteiger partial charge is 0.212 e. The third-order valence-electron chi connectivity index (χ3n) is 0.586. The second-order valence-electron chi connectivity index (χ2n) is 1.64. The highest BCUT2D eigenvalue weighted by Crippen LogP contribution is 2.04. The van der Waals surface area contributed by atoms with Gasteiger partial charge in [0.2, 0.25) is 9.05 Å². The highest BCUT2D eigenvalue weighted by atomic mass is 35.7. The van der Waals surface area contributed by atoms with E-state index in [9.17, 15) is 8.42 Å². The Labute approximate surface area is 63.9 Å². The van der Waals surface area contributed by atoms with Gasteiger partial charge in [-0.25, -0.2) is 8.42 Å². The second kappa shape index (κ2) is 3.44. The average molecular weight is 189 g/mol. The fraction of sp³-hybridized carbons (Fsp3) is 0.500. The Hall–Kier alpha value is 0.270. The predicted molar refractivity (Wildman–Crippen MR) is 39.2 cm³/mol. The summed E-state index contributed by atoms with van der Waals surface area (Å²) in [5.41, 5.74) is 1.73. The molecule has 0 unspecified atom stereocenters. The lowest BCUT2D eigenvalue weighted by Crippen LogP contribution is -1.96. The molecule has 0 aromatic heterocycles. The van der Waals surface area contributed by atoms with E-state index in [1.165, 1.54) is 5.54 Å². The molecule has 9 heavy (non-hydrogen) atoms. The summed E-state index contributed by atoms with van der Waals surface area (Å²) in [6, 6.07) is 0. The van der Waals surface area contributed by atoms with Crippen LogP contribution in [0.3, 0.4) is 0 Å². The van der Waals surface area contributed by atoms with Gasteiger partial charge in [-0.2, -0.15) is 0 Å². The van der Waals surface area contributed by atoms with Gasteiger partial charge in [-0.15, -0.1) is 0 Å². The highest BCUT2D eigenvalue weighted by molar-refractivity contribution is 8.13. The van der Waals surface area contributed by atoms with Gasteiger partial charge in [0.1, 0.15) is 0 Å². The van der Waals surface area contributed by atoms with Gasteiger partial charge in [-0.05, 0) is 12.5 Å². The van der Waals surface area contributed by atoms with E-state index in [2.05, 4.69) is 0 Å². The molecular weight excluding hydrogens is 183 g/mol. The Balaban J connectivity index is 4.07. The summed E-state index contributed by atoms with van der Waals surface area (Å²) < 4.78 is 20.5. The van der Waals surface area contributed by atoms with Crippen molar-refractivity contribution in [1.82, 2.24) is 0 Å². The second-order valence-corrected chi connectivity index (χ2v) is 4.63. The summed E-state index contributed by atoms with van der Waals surface area (Å²) in [4.78, 5) is 0. The summed E-state index contributed by atoms with van der Waals surface area (Å²) >= 11 is 5.17. The lowest BCUT2D eigenvalue weighted by molar-refractivity contribution is 0.611. The lowest BCUT2D eigenvalue weighted by atomic mass is 10.4. The van der Waals surface area contributed by atoms with Crippen LogP contribution in [0.15, 0.2) is 11.1 Å². The third kappa shape index (κ3) is 6.15. The Bertz CT molecular complexity index is 205. The SMILES string of the molecule is C/C(=C/Cl)CS(=O)(=O)Cl. The molecule has 0 aliphatic carbocycles. The molecule has 0 fully saturated rings. The maximum absolute atomic E-state index is 10.3. The topological polar surface area (TPSA) is 34.1 Å². The van der Waals surface area contributed by atoms with Crippen molar-refractivity contribution >= 4 is 31.3 Å². The molecule has 0 rings (SSSR count). The lowest BCUT2D eigenvalue weighted by Gasteiger charge is -1.91. The van der Waals surface area contributed by atoms with Crippen molar-refractivity contribution < 1.29 is 8.42 Å². The molecule has 0 spiro atoms. The van der Waals surface area contributed by atoms with E-state index in [1.54, 1.807) is 6.92 Å². The zero-order valence-corrected chi connectivity index (χ0v) is 7.09. The van der Waals surface area contributed by atoms with Gasteiger partial charge in [-0.1, -0.05) is 11.6 Å². The minimum Gasteiger partial charge on any atom is -0.212 e. The van der Waals surface area contributed by atoms with E-state index < -0.39 is 9.05 Å². The van der Waals surface area contributed by atoms with Crippen LogP contribution in [0, 0.1) is 0 Å². The fourth-order valence-corrected chi connectivity index (χ4v) is 1.62. The van der Waals surface area contributed by atoms with Crippen LogP contribution in [0.25, 0.3) is 0 Å². The molecule has 0 radical (unpaired) electrons. The minimum atomic E-state index is -3.42. The van der Waals surface area contributed by atoms with Crippen molar-refractivity contribution in [3.63, 3.8) is 0 Å². The molecule has 0 atom stereocenters. The zero-order chi connectivity index (χ0) is 7.49. The number of hydrogen-bond acceptors (Lipinski definition) is 2. The summed E-state index contributed by atoms with van der Waals surface area (Å²) in [6.07, 6.45) is 0. The van der Waals surface area contributed by atoms with Crippen molar-refractivity contribution in [1.29, 1.82) is 0 Å². The maximum Gasteiger partial charge on any atom is 0.236 e. The van der Waals surface area contributed by atoms with Crippen molar-refractivity contribution in [3.05, 3.63) is 11.1 Å². The van der Waals surface area contributed by atoms with Gasteiger partial charge in [0, 0.05) is 16.2 Å². The molecule has 5 heteroatoms. The van der Waals surface area contributed by atoms with Gasteiger partial charge < -0.3 is 0 Å². The number of hydrogen-bond donors (Lipinski definition) is 0. The van der Waals surface area contributed by atoms with Crippen LogP contribution in [0.2, 0.25) is 0 Å². The Kier molecular flexibility index (Phi) is 3.54. The van der Waals surface area contributed by atoms with Gasteiger partial charge in [-0.3, -0.25) is 0 Å². The van der Waals surface area contributed by atoms with Crippen molar-refractivity contribution in [2.24, 2.45) is 0 Å². The summed E-state index contributed by atoms with van der Waals surface area (Å²) in [7, 11) is 1.46. The van der Waals surface area contributed by atoms with E-state index in [4.69, 9.17) is 22.3 Å². The summed E-state index contributed by atoms with van der Waals surface area (Å²) in [5.74, 6) is -0.182. The van der Waals surface area contributed by atoms with Crippen LogP contribution < -0.4 is 0 Å². The van der Waals surface area contributed by atoms with Gasteiger partial charge in [0.25, 0.3) is 0 Å². The number of halogens is 2. The van der Waals surface area contributed by atoms with Crippen molar-refractivity contribution in [2.45, 2.75) is 6.92 Å². The van der Waals surface area contributed by atoms with Gasteiger partial charge >= 0.3 is 0 Å². The minimum absolute atomic E-state index is 0.182. The highest BCUT2D eigenvalue weighted by Gasteiger charge is 2.04. The molecule has 0 saturated heterocycles. The standard InChI is InChI=1S/C4H6Cl2O2S/c1-4(2-5)3-9(6,7)8/h2H,3H2,1H3/b4-2-. The fourth-order valence-electron chi connectivity index (χ4n) is 0.303. The molecule has 0 amide bonds. The van der Waals surface area contributed by atoms with Crippen LogP contribution >= 0.6 is 22.3 Å². The summed E-state index contributed by atoms with van der Waals surface area (Å²) in [6.45, 7) is 1.59. The first kappa shape index (κ1) is 9.27. The van der Waals surface area contributed by atoms with E-state index in [0.717, 1.165) is 0 Å². The molecule has 0 heterocycles. The van der Waals surface area contributed by atoms with Crippen LogP contribution in [-0.4, -0.2) is 14.2 Å².